The Hall–Kier alpha value is -0.0600. The first-order valence-corrected chi connectivity index (χ1v) is 5.67. The van der Waals surface area contributed by atoms with E-state index in [-0.39, 0.29) is 18.2 Å². The molecule has 3 nitrogen and oxygen atoms in total. The molecule has 5 heteroatoms. The van der Waals surface area contributed by atoms with Crippen molar-refractivity contribution in [3.8, 4) is 0 Å². The van der Waals surface area contributed by atoms with Gasteiger partial charge in [0, 0.05) is 11.6 Å². The van der Waals surface area contributed by atoms with E-state index in [1.165, 1.54) is 0 Å². The van der Waals surface area contributed by atoms with Crippen LogP contribution in [0, 0.1) is 5.92 Å². The maximum Gasteiger partial charge on any atom is 0.212 e. The smallest absolute Gasteiger partial charge is 0.212 e. The van der Waals surface area contributed by atoms with Crippen LogP contribution in [-0.2, 0) is 10.0 Å². The average Bonchev–Trinajstić information content (AvgIpc) is 1.81. The van der Waals surface area contributed by atoms with Gasteiger partial charge in [0.2, 0.25) is 10.0 Å². The van der Waals surface area contributed by atoms with Gasteiger partial charge in [0.05, 0.1) is 5.75 Å². The van der Waals surface area contributed by atoms with Crippen molar-refractivity contribution in [1.29, 1.82) is 0 Å². The normalized spacial score (nSPS) is 12.0. The molecule has 0 saturated carbocycles. The lowest BCUT2D eigenvalue weighted by Crippen LogP contribution is -2.29. The topological polar surface area (TPSA) is 46.2 Å². The summed E-state index contributed by atoms with van der Waals surface area (Å²) in [7, 11) is -3.17. The van der Waals surface area contributed by atoms with Crippen LogP contribution < -0.4 is 4.72 Å². The molecule has 0 aliphatic rings. The predicted octanol–water partition coefficient (Wildman–Crippen LogP) is 1.31. The Bertz CT molecular complexity index is 246. The summed E-state index contributed by atoms with van der Waals surface area (Å²) in [6, 6.07) is 0. The first-order chi connectivity index (χ1) is 5.33. The second kappa shape index (κ2) is 4.84. The maximum atomic E-state index is 11.1. The lowest BCUT2D eigenvalue weighted by molar-refractivity contribution is 0.572. The van der Waals surface area contributed by atoms with E-state index in [4.69, 9.17) is 11.6 Å². The highest BCUT2D eigenvalue weighted by atomic mass is 35.5. The largest absolute Gasteiger partial charge is 0.212 e. The van der Waals surface area contributed by atoms with Crippen LogP contribution in [0.15, 0.2) is 11.6 Å². The molecule has 0 radical (unpaired) electrons. The number of halogens is 1. The summed E-state index contributed by atoms with van der Waals surface area (Å²) < 4.78 is 24.6. The van der Waals surface area contributed by atoms with Crippen LogP contribution in [0.25, 0.3) is 0 Å². The van der Waals surface area contributed by atoms with Gasteiger partial charge in [-0.25, -0.2) is 13.1 Å². The van der Waals surface area contributed by atoms with Crippen molar-refractivity contribution >= 4 is 21.6 Å². The fraction of sp³-hybridized carbons (Fsp3) is 0.714. The number of rotatable bonds is 5. The maximum absolute atomic E-state index is 11.1. The Morgan fingerprint density at radius 2 is 2.08 bits per heavy atom. The summed E-state index contributed by atoms with van der Waals surface area (Å²) >= 11 is 5.40. The molecule has 0 aromatic heterocycles. The van der Waals surface area contributed by atoms with E-state index in [9.17, 15) is 8.42 Å². The summed E-state index contributed by atoms with van der Waals surface area (Å²) in [6.07, 6.45) is 0. The molecule has 0 amide bonds. The molecular weight excluding hydrogens is 198 g/mol. The molecule has 0 aromatic rings. The van der Waals surface area contributed by atoms with Gasteiger partial charge in [0.1, 0.15) is 0 Å². The zero-order valence-electron chi connectivity index (χ0n) is 7.30. The standard InChI is InChI=1S/C7H14ClNO2S/c1-6(2)5-12(10,11)9-4-7(3)8/h6,9H,3-5H2,1-2H3. The monoisotopic (exact) mass is 211 g/mol. The van der Waals surface area contributed by atoms with Crippen LogP contribution >= 0.6 is 11.6 Å². The fourth-order valence-electron chi connectivity index (χ4n) is 0.686. The minimum Gasteiger partial charge on any atom is -0.212 e. The summed E-state index contributed by atoms with van der Waals surface area (Å²) in [5.74, 6) is 0.239. The molecule has 0 atom stereocenters. The van der Waals surface area contributed by atoms with Gasteiger partial charge >= 0.3 is 0 Å². The molecule has 0 aliphatic heterocycles. The molecule has 0 bridgehead atoms. The molecule has 12 heavy (non-hydrogen) atoms. The minimum atomic E-state index is -3.17. The second-order valence-electron chi connectivity index (χ2n) is 3.01. The van der Waals surface area contributed by atoms with E-state index >= 15 is 0 Å². The van der Waals surface area contributed by atoms with Crippen LogP contribution in [0.5, 0.6) is 0 Å². The first kappa shape index (κ1) is 11.9. The lowest BCUT2D eigenvalue weighted by atomic mass is 10.3. The van der Waals surface area contributed by atoms with Gasteiger partial charge in [-0.2, -0.15) is 0 Å². The van der Waals surface area contributed by atoms with Gasteiger partial charge in [-0.15, -0.1) is 0 Å². The molecule has 0 fully saturated rings. The SMILES string of the molecule is C=C(Cl)CNS(=O)(=O)CC(C)C. The second-order valence-corrected chi connectivity index (χ2v) is 5.40. The summed E-state index contributed by atoms with van der Waals surface area (Å²) in [6.45, 7) is 7.17. The number of nitrogens with one attached hydrogen (secondary N) is 1. The van der Waals surface area contributed by atoms with E-state index in [0.29, 0.717) is 5.03 Å². The molecule has 0 heterocycles. The highest BCUT2D eigenvalue weighted by Gasteiger charge is 2.11. The first-order valence-electron chi connectivity index (χ1n) is 3.64. The Morgan fingerprint density at radius 1 is 1.58 bits per heavy atom. The van der Waals surface area contributed by atoms with Gasteiger partial charge in [-0.3, -0.25) is 0 Å². The van der Waals surface area contributed by atoms with Crippen molar-refractivity contribution in [2.75, 3.05) is 12.3 Å². The molecule has 0 aliphatic carbocycles. The van der Waals surface area contributed by atoms with Gasteiger partial charge in [0.25, 0.3) is 0 Å². The Morgan fingerprint density at radius 3 is 2.42 bits per heavy atom. The summed E-state index contributed by atoms with van der Waals surface area (Å²) in [5.41, 5.74) is 0. The highest BCUT2D eigenvalue weighted by molar-refractivity contribution is 7.89. The van der Waals surface area contributed by atoms with Crippen molar-refractivity contribution in [3.05, 3.63) is 11.6 Å². The number of hydrogen-bond donors (Lipinski definition) is 1. The summed E-state index contributed by atoms with van der Waals surface area (Å²) in [4.78, 5) is 0. The third-order valence-electron chi connectivity index (χ3n) is 1.04. The lowest BCUT2D eigenvalue weighted by Gasteiger charge is -2.07. The third-order valence-corrected chi connectivity index (χ3v) is 2.86. The summed E-state index contributed by atoms with van der Waals surface area (Å²) in [5, 5.41) is 0.294. The van der Waals surface area contributed by atoms with Crippen molar-refractivity contribution in [1.82, 2.24) is 4.72 Å². The van der Waals surface area contributed by atoms with Crippen molar-refractivity contribution in [2.24, 2.45) is 5.92 Å². The van der Waals surface area contributed by atoms with Gasteiger partial charge in [-0.05, 0) is 5.92 Å². The third kappa shape index (κ3) is 6.64. The van der Waals surface area contributed by atoms with Crippen molar-refractivity contribution in [3.63, 3.8) is 0 Å². The fourth-order valence-corrected chi connectivity index (χ4v) is 2.22. The molecular formula is C7H14ClNO2S. The molecule has 0 rings (SSSR count). The highest BCUT2D eigenvalue weighted by Crippen LogP contribution is 1.99. The van der Waals surface area contributed by atoms with Crippen LogP contribution in [-0.4, -0.2) is 20.7 Å². The average molecular weight is 212 g/mol. The van der Waals surface area contributed by atoms with Crippen LogP contribution in [0.3, 0.4) is 0 Å². The van der Waals surface area contributed by atoms with Crippen LogP contribution in [0.4, 0.5) is 0 Å². The quantitative estimate of drug-likeness (QED) is 0.746. The Balaban J connectivity index is 3.98. The van der Waals surface area contributed by atoms with Crippen LogP contribution in [0.1, 0.15) is 13.8 Å². The molecule has 0 spiro atoms. The number of hydrogen-bond acceptors (Lipinski definition) is 2. The van der Waals surface area contributed by atoms with E-state index in [1.807, 2.05) is 13.8 Å². The number of sulfonamides is 1. The van der Waals surface area contributed by atoms with E-state index in [0.717, 1.165) is 0 Å². The zero-order chi connectivity index (χ0) is 9.78. The van der Waals surface area contributed by atoms with Gasteiger partial charge in [0.15, 0.2) is 0 Å². The van der Waals surface area contributed by atoms with Crippen molar-refractivity contribution in [2.45, 2.75) is 13.8 Å². The molecule has 1 N–H and O–H groups in total. The molecule has 0 unspecified atom stereocenters. The van der Waals surface area contributed by atoms with Gasteiger partial charge in [-0.1, -0.05) is 32.0 Å². The predicted molar refractivity (Wildman–Crippen MR) is 51.6 cm³/mol. The molecule has 72 valence electrons. The zero-order valence-corrected chi connectivity index (χ0v) is 8.87. The Labute approximate surface area is 78.9 Å². The molecule has 0 aromatic carbocycles. The van der Waals surface area contributed by atoms with E-state index < -0.39 is 10.0 Å². The van der Waals surface area contributed by atoms with E-state index in [2.05, 4.69) is 11.3 Å². The Kier molecular flexibility index (Phi) is 4.82. The molecule has 0 saturated heterocycles. The minimum absolute atomic E-state index is 0.108. The van der Waals surface area contributed by atoms with E-state index in [1.54, 1.807) is 0 Å². The van der Waals surface area contributed by atoms with Crippen molar-refractivity contribution < 1.29 is 8.42 Å². The van der Waals surface area contributed by atoms with Gasteiger partial charge < -0.3 is 0 Å². The van der Waals surface area contributed by atoms with Crippen LogP contribution in [0.2, 0.25) is 0 Å².